The van der Waals surface area contributed by atoms with Gasteiger partial charge in [-0.3, -0.25) is 4.99 Å². The van der Waals surface area contributed by atoms with Crippen LogP contribution >= 0.6 is 12.4 Å². The van der Waals surface area contributed by atoms with Gasteiger partial charge in [0, 0.05) is 24.8 Å². The number of aliphatic imine (C=N–C) groups is 1. The number of ether oxygens (including phenoxy) is 1. The molecule has 142 valence electrons. The first-order chi connectivity index (χ1) is 13.3. The minimum atomic E-state index is 0. The number of fused-ring (bicyclic) bond motifs is 1. The van der Waals surface area contributed by atoms with E-state index in [-0.39, 0.29) is 12.4 Å². The molecule has 0 amide bonds. The highest BCUT2D eigenvalue weighted by Gasteiger charge is 2.13. The van der Waals surface area contributed by atoms with Crippen LogP contribution in [0.15, 0.2) is 89.9 Å². The van der Waals surface area contributed by atoms with Gasteiger partial charge < -0.3 is 9.64 Å². The highest BCUT2D eigenvalue weighted by Crippen LogP contribution is 2.24. The van der Waals surface area contributed by atoms with Gasteiger partial charge in [0.1, 0.15) is 11.5 Å². The lowest BCUT2D eigenvalue weighted by Gasteiger charge is -2.18. The van der Waals surface area contributed by atoms with E-state index in [4.69, 9.17) is 9.73 Å². The summed E-state index contributed by atoms with van der Waals surface area (Å²) < 4.78 is 5.85. The topological polar surface area (TPSA) is 24.8 Å². The molecule has 0 aromatic heterocycles. The molecule has 3 aromatic carbocycles. The summed E-state index contributed by atoms with van der Waals surface area (Å²) in [6.07, 6.45) is 4.21. The summed E-state index contributed by atoms with van der Waals surface area (Å²) in [6, 6.07) is 26.3. The Kier molecular flexibility index (Phi) is 6.51. The first-order valence-corrected chi connectivity index (χ1v) is 9.16. The molecule has 3 aromatic rings. The van der Waals surface area contributed by atoms with Crippen LogP contribution in [0.25, 0.3) is 6.08 Å². The molecule has 4 rings (SSSR count). The molecule has 0 N–H and O–H groups in total. The minimum Gasteiger partial charge on any atom is -0.457 e. The average molecular weight is 391 g/mol. The molecule has 0 spiro atoms. The first-order valence-electron chi connectivity index (χ1n) is 9.16. The molecule has 0 unspecified atom stereocenters. The second-order valence-electron chi connectivity index (χ2n) is 6.52. The number of benzene rings is 3. The van der Waals surface area contributed by atoms with Gasteiger partial charge in [0.05, 0.1) is 12.3 Å². The van der Waals surface area contributed by atoms with Crippen molar-refractivity contribution in [1.82, 2.24) is 0 Å². The molecule has 0 atom stereocenters. The van der Waals surface area contributed by atoms with Gasteiger partial charge in [-0.05, 0) is 42.0 Å². The monoisotopic (exact) mass is 390 g/mol. The van der Waals surface area contributed by atoms with Crippen LogP contribution in [-0.4, -0.2) is 25.8 Å². The van der Waals surface area contributed by atoms with E-state index in [0.29, 0.717) is 0 Å². The van der Waals surface area contributed by atoms with Crippen LogP contribution in [-0.2, 0) is 0 Å². The third-order valence-corrected chi connectivity index (χ3v) is 4.60. The lowest BCUT2D eigenvalue weighted by Crippen LogP contribution is -2.20. The maximum atomic E-state index is 5.85. The van der Waals surface area contributed by atoms with Gasteiger partial charge in [-0.1, -0.05) is 54.6 Å². The third-order valence-electron chi connectivity index (χ3n) is 4.60. The zero-order chi connectivity index (χ0) is 18.5. The number of anilines is 1. The Morgan fingerprint density at radius 2 is 1.50 bits per heavy atom. The van der Waals surface area contributed by atoms with Crippen LogP contribution in [0.3, 0.4) is 0 Å². The summed E-state index contributed by atoms with van der Waals surface area (Å²) in [5, 5.41) is 0. The summed E-state index contributed by atoms with van der Waals surface area (Å²) in [4.78, 5) is 7.03. The van der Waals surface area contributed by atoms with Crippen molar-refractivity contribution in [1.29, 1.82) is 0 Å². The van der Waals surface area contributed by atoms with Gasteiger partial charge >= 0.3 is 0 Å². The van der Waals surface area contributed by atoms with Crippen LogP contribution in [0.2, 0.25) is 0 Å². The van der Waals surface area contributed by atoms with E-state index in [2.05, 4.69) is 60.5 Å². The SMILES string of the molecule is CN1CCN=C(/C=C/c2ccc(Oc3ccccc3)cc2)c2ccccc21.Cl. The molecule has 4 heteroatoms. The Bertz CT molecular complexity index is 965. The number of likely N-dealkylation sites (N-methyl/N-ethyl adjacent to an activating group) is 1. The zero-order valence-corrected chi connectivity index (χ0v) is 16.6. The number of rotatable bonds is 4. The Morgan fingerprint density at radius 3 is 2.29 bits per heavy atom. The van der Waals surface area contributed by atoms with Crippen molar-refractivity contribution in [2.45, 2.75) is 0 Å². The maximum absolute atomic E-state index is 5.85. The summed E-state index contributed by atoms with van der Waals surface area (Å²) in [5.74, 6) is 1.67. The van der Waals surface area contributed by atoms with E-state index in [1.807, 2.05) is 42.5 Å². The van der Waals surface area contributed by atoms with Crippen molar-refractivity contribution in [2.75, 3.05) is 25.0 Å². The molecular formula is C24H23ClN2O. The number of allylic oxidation sites excluding steroid dienone is 1. The van der Waals surface area contributed by atoms with Gasteiger partial charge in [0.2, 0.25) is 0 Å². The second kappa shape index (κ2) is 9.25. The van der Waals surface area contributed by atoms with E-state index < -0.39 is 0 Å². The van der Waals surface area contributed by atoms with Crippen LogP contribution < -0.4 is 9.64 Å². The van der Waals surface area contributed by atoms with Crippen molar-refractivity contribution in [2.24, 2.45) is 4.99 Å². The smallest absolute Gasteiger partial charge is 0.127 e. The molecular weight excluding hydrogens is 368 g/mol. The summed E-state index contributed by atoms with van der Waals surface area (Å²) in [5.41, 5.74) is 4.55. The van der Waals surface area contributed by atoms with Gasteiger partial charge in [0.25, 0.3) is 0 Å². The Balaban J connectivity index is 0.00000225. The second-order valence-corrected chi connectivity index (χ2v) is 6.52. The zero-order valence-electron chi connectivity index (χ0n) is 15.8. The Morgan fingerprint density at radius 1 is 0.821 bits per heavy atom. The van der Waals surface area contributed by atoms with Crippen LogP contribution in [0.5, 0.6) is 11.5 Å². The number of hydrogen-bond acceptors (Lipinski definition) is 3. The number of benzodiazepines with no additional fused rings is 1. The normalized spacial score (nSPS) is 13.3. The highest BCUT2D eigenvalue weighted by atomic mass is 35.5. The molecule has 0 bridgehead atoms. The fourth-order valence-corrected chi connectivity index (χ4v) is 3.14. The van der Waals surface area contributed by atoms with Gasteiger partial charge in [-0.2, -0.15) is 0 Å². The molecule has 0 saturated carbocycles. The third kappa shape index (κ3) is 4.62. The fraction of sp³-hybridized carbons (Fsp3) is 0.125. The lowest BCUT2D eigenvalue weighted by atomic mass is 10.1. The number of halogens is 1. The molecule has 3 nitrogen and oxygen atoms in total. The number of para-hydroxylation sites is 2. The largest absolute Gasteiger partial charge is 0.457 e. The predicted molar refractivity (Wildman–Crippen MR) is 120 cm³/mol. The van der Waals surface area contributed by atoms with E-state index in [9.17, 15) is 0 Å². The van der Waals surface area contributed by atoms with Gasteiger partial charge in [-0.15, -0.1) is 12.4 Å². The van der Waals surface area contributed by atoms with Crippen LogP contribution in [0.1, 0.15) is 11.1 Å². The molecule has 0 aliphatic carbocycles. The molecule has 0 radical (unpaired) electrons. The standard InChI is InChI=1S/C24H22N2O.ClH/c1-26-18-17-25-23(22-9-5-6-10-24(22)26)16-13-19-11-14-21(15-12-19)27-20-7-3-2-4-8-20;/h2-16H,17-18H2,1H3;1H/b16-13+;. The van der Waals surface area contributed by atoms with Crippen molar-refractivity contribution >= 4 is 29.9 Å². The van der Waals surface area contributed by atoms with E-state index >= 15 is 0 Å². The van der Waals surface area contributed by atoms with E-state index in [0.717, 1.165) is 35.9 Å². The van der Waals surface area contributed by atoms with Crippen LogP contribution in [0, 0.1) is 0 Å². The Hall–Kier alpha value is -3.04. The quantitative estimate of drug-likeness (QED) is 0.558. The van der Waals surface area contributed by atoms with Crippen molar-refractivity contribution in [3.05, 3.63) is 96.1 Å². The van der Waals surface area contributed by atoms with Gasteiger partial charge in [0.15, 0.2) is 0 Å². The molecule has 0 fully saturated rings. The minimum absolute atomic E-state index is 0. The molecule has 28 heavy (non-hydrogen) atoms. The molecule has 0 saturated heterocycles. The Labute approximate surface area is 172 Å². The summed E-state index contributed by atoms with van der Waals surface area (Å²) >= 11 is 0. The van der Waals surface area contributed by atoms with Crippen LogP contribution in [0.4, 0.5) is 5.69 Å². The maximum Gasteiger partial charge on any atom is 0.127 e. The summed E-state index contributed by atoms with van der Waals surface area (Å²) in [7, 11) is 2.12. The lowest BCUT2D eigenvalue weighted by molar-refractivity contribution is 0.482. The molecule has 1 aliphatic rings. The predicted octanol–water partition coefficient (Wildman–Crippen LogP) is 5.85. The average Bonchev–Trinajstić information content (AvgIpc) is 2.87. The fourth-order valence-electron chi connectivity index (χ4n) is 3.14. The van der Waals surface area contributed by atoms with E-state index in [1.54, 1.807) is 0 Å². The number of hydrogen-bond donors (Lipinski definition) is 0. The number of nitrogens with zero attached hydrogens (tertiary/aromatic N) is 2. The van der Waals surface area contributed by atoms with Crippen molar-refractivity contribution in [3.63, 3.8) is 0 Å². The van der Waals surface area contributed by atoms with Crippen molar-refractivity contribution in [3.8, 4) is 11.5 Å². The molecule has 1 aliphatic heterocycles. The highest BCUT2D eigenvalue weighted by molar-refractivity contribution is 6.14. The summed E-state index contributed by atoms with van der Waals surface area (Å²) in [6.45, 7) is 1.73. The molecule has 1 heterocycles. The van der Waals surface area contributed by atoms with Gasteiger partial charge in [-0.25, -0.2) is 0 Å². The first kappa shape index (κ1) is 19.7. The van der Waals surface area contributed by atoms with E-state index in [1.165, 1.54) is 11.3 Å². The van der Waals surface area contributed by atoms with Crippen molar-refractivity contribution < 1.29 is 4.74 Å².